The van der Waals surface area contributed by atoms with Crippen molar-refractivity contribution < 1.29 is 42.9 Å². The third-order valence-corrected chi connectivity index (χ3v) is 9.76. The number of hydrogen-bond donors (Lipinski definition) is 0. The Hall–Kier alpha value is -1.97. The smallest absolute Gasteiger partial charge is 0.306 e. The molecule has 9 nitrogen and oxygen atoms in total. The van der Waals surface area contributed by atoms with Gasteiger partial charge in [0.2, 0.25) is 0 Å². The molecule has 2 atom stereocenters. The van der Waals surface area contributed by atoms with Crippen LogP contribution in [0.5, 0.6) is 0 Å². The maximum absolute atomic E-state index is 12.7. The van der Waals surface area contributed by atoms with Crippen LogP contribution in [0.3, 0.4) is 0 Å². The highest BCUT2D eigenvalue weighted by molar-refractivity contribution is 5.70. The summed E-state index contributed by atoms with van der Waals surface area (Å²) < 4.78 is 22.4. The summed E-state index contributed by atoms with van der Waals surface area (Å²) in [5, 5.41) is 11.6. The summed E-state index contributed by atoms with van der Waals surface area (Å²) in [6.07, 6.45) is 35.7. The Balaban J connectivity index is 4.18. The van der Waals surface area contributed by atoms with Crippen LogP contribution in [-0.2, 0) is 33.3 Å². The molecular formula is C45H85NO8. The number of ether oxygens (including phenoxy) is 4. The number of esters is 2. The third kappa shape index (κ3) is 38.3. The molecule has 0 radical (unpaired) electrons. The molecule has 0 spiro atoms. The van der Waals surface area contributed by atoms with Crippen molar-refractivity contribution in [1.82, 2.24) is 0 Å². The number of allylic oxidation sites excluding steroid dienone is 2. The van der Waals surface area contributed by atoms with Crippen molar-refractivity contribution in [3.63, 3.8) is 0 Å². The lowest BCUT2D eigenvalue weighted by molar-refractivity contribution is -0.870. The number of aliphatic carboxylic acids is 1. The molecule has 0 bridgehead atoms. The number of carboxylic acids is 1. The SMILES string of the molecule is CCCCCCCCCC/C=C\CCCCCCCCCCCCCC(=O)OC(COC(=O)CCCCCCCC)COC(OCC[N+](C)(C)C)C(=O)[O-]. The van der Waals surface area contributed by atoms with Crippen LogP contribution in [0.25, 0.3) is 0 Å². The van der Waals surface area contributed by atoms with E-state index in [4.69, 9.17) is 18.9 Å². The number of likely N-dealkylation sites (N-methyl/N-ethyl adjacent to an activating group) is 1. The third-order valence-electron chi connectivity index (χ3n) is 9.76. The highest BCUT2D eigenvalue weighted by Gasteiger charge is 2.21. The van der Waals surface area contributed by atoms with Gasteiger partial charge in [-0.05, 0) is 38.5 Å². The molecule has 0 heterocycles. The first-order valence-corrected chi connectivity index (χ1v) is 22.3. The van der Waals surface area contributed by atoms with Crippen molar-refractivity contribution in [3.8, 4) is 0 Å². The predicted molar refractivity (Wildman–Crippen MR) is 219 cm³/mol. The molecule has 0 rings (SSSR count). The topological polar surface area (TPSA) is 111 Å². The van der Waals surface area contributed by atoms with Crippen LogP contribution in [-0.4, -0.2) is 82.3 Å². The minimum atomic E-state index is -1.61. The highest BCUT2D eigenvalue weighted by Crippen LogP contribution is 2.15. The number of carbonyl (C=O) groups is 3. The molecule has 0 amide bonds. The second-order valence-electron chi connectivity index (χ2n) is 16.3. The molecule has 0 aliphatic carbocycles. The van der Waals surface area contributed by atoms with Gasteiger partial charge >= 0.3 is 11.9 Å². The number of carbonyl (C=O) groups excluding carboxylic acids is 3. The van der Waals surface area contributed by atoms with E-state index in [2.05, 4.69) is 26.0 Å². The largest absolute Gasteiger partial charge is 0.545 e. The van der Waals surface area contributed by atoms with Gasteiger partial charge in [0.15, 0.2) is 12.4 Å². The Morgan fingerprint density at radius 1 is 0.537 bits per heavy atom. The van der Waals surface area contributed by atoms with E-state index in [0.29, 0.717) is 23.9 Å². The standard InChI is InChI=1S/C45H85NO8/c1-6-8-10-12-14-15-16-17-18-19-20-21-22-23-24-25-26-27-28-29-30-32-34-36-43(48)54-41(39-52-42(47)35-33-31-13-11-9-7-2)40-53-45(44(49)50)51-38-37-46(3,4)5/h19-20,41,45H,6-18,21-40H2,1-5H3/b20-19-. The van der Waals surface area contributed by atoms with Gasteiger partial charge in [-0.1, -0.05) is 161 Å². The van der Waals surface area contributed by atoms with Gasteiger partial charge in [-0.3, -0.25) is 9.59 Å². The lowest BCUT2D eigenvalue weighted by Gasteiger charge is -2.26. The average Bonchev–Trinajstić information content (AvgIpc) is 3.12. The summed E-state index contributed by atoms with van der Waals surface area (Å²) in [5.41, 5.74) is 0. The molecule has 0 aliphatic rings. The van der Waals surface area contributed by atoms with Gasteiger partial charge in [0.25, 0.3) is 0 Å². The van der Waals surface area contributed by atoms with Crippen LogP contribution in [0.1, 0.15) is 200 Å². The summed E-state index contributed by atoms with van der Waals surface area (Å²) in [5.74, 6) is -2.29. The van der Waals surface area contributed by atoms with Crippen molar-refractivity contribution in [2.24, 2.45) is 0 Å². The second-order valence-corrected chi connectivity index (χ2v) is 16.3. The zero-order valence-corrected chi connectivity index (χ0v) is 35.9. The van der Waals surface area contributed by atoms with E-state index < -0.39 is 24.3 Å². The summed E-state index contributed by atoms with van der Waals surface area (Å²) in [7, 11) is 5.90. The molecule has 2 unspecified atom stereocenters. The van der Waals surface area contributed by atoms with Gasteiger partial charge in [0.1, 0.15) is 13.2 Å². The summed E-state index contributed by atoms with van der Waals surface area (Å²) >= 11 is 0. The number of hydrogen-bond acceptors (Lipinski definition) is 8. The molecule has 0 saturated heterocycles. The molecular weight excluding hydrogens is 682 g/mol. The summed E-state index contributed by atoms with van der Waals surface area (Å²) in [4.78, 5) is 36.7. The molecule has 318 valence electrons. The predicted octanol–water partition coefficient (Wildman–Crippen LogP) is 10.2. The van der Waals surface area contributed by atoms with Crippen LogP contribution < -0.4 is 5.11 Å². The van der Waals surface area contributed by atoms with E-state index >= 15 is 0 Å². The normalized spacial score (nSPS) is 13.0. The molecule has 0 fully saturated rings. The van der Waals surface area contributed by atoms with E-state index in [1.807, 2.05) is 21.1 Å². The molecule has 9 heteroatoms. The van der Waals surface area contributed by atoms with Crippen LogP contribution in [0, 0.1) is 0 Å². The van der Waals surface area contributed by atoms with Crippen molar-refractivity contribution >= 4 is 17.9 Å². The first-order chi connectivity index (χ1) is 26.1. The van der Waals surface area contributed by atoms with E-state index in [1.54, 1.807) is 0 Å². The molecule has 0 aromatic heterocycles. The van der Waals surface area contributed by atoms with Gasteiger partial charge in [-0.2, -0.15) is 0 Å². The fourth-order valence-corrected chi connectivity index (χ4v) is 6.24. The fraction of sp³-hybridized carbons (Fsp3) is 0.889. The quantitative estimate of drug-likeness (QED) is 0.0199. The zero-order chi connectivity index (χ0) is 40.0. The van der Waals surface area contributed by atoms with Gasteiger partial charge in [-0.25, -0.2) is 0 Å². The van der Waals surface area contributed by atoms with Crippen molar-refractivity contribution in [1.29, 1.82) is 0 Å². The first-order valence-electron chi connectivity index (χ1n) is 22.3. The lowest BCUT2D eigenvalue weighted by Crippen LogP contribution is -2.44. The van der Waals surface area contributed by atoms with Crippen LogP contribution in [0.2, 0.25) is 0 Å². The van der Waals surface area contributed by atoms with Crippen molar-refractivity contribution in [2.75, 3.05) is 47.5 Å². The van der Waals surface area contributed by atoms with Gasteiger partial charge < -0.3 is 33.3 Å². The van der Waals surface area contributed by atoms with Crippen LogP contribution in [0.4, 0.5) is 0 Å². The Labute approximate surface area is 332 Å². The first kappa shape index (κ1) is 52.0. The Morgan fingerprint density at radius 3 is 1.37 bits per heavy atom. The summed E-state index contributed by atoms with van der Waals surface area (Å²) in [6, 6.07) is 0. The highest BCUT2D eigenvalue weighted by atomic mass is 16.7. The molecule has 54 heavy (non-hydrogen) atoms. The van der Waals surface area contributed by atoms with Gasteiger partial charge in [-0.15, -0.1) is 0 Å². The van der Waals surface area contributed by atoms with Crippen LogP contribution >= 0.6 is 0 Å². The van der Waals surface area contributed by atoms with E-state index in [0.717, 1.165) is 38.5 Å². The average molecular weight is 768 g/mol. The van der Waals surface area contributed by atoms with E-state index in [1.165, 1.54) is 128 Å². The minimum absolute atomic E-state index is 0.150. The molecule has 0 aromatic rings. The number of carboxylic acid groups (broad SMARTS) is 1. The molecule has 0 aromatic carbocycles. The Bertz CT molecular complexity index is 903. The number of rotatable bonds is 41. The minimum Gasteiger partial charge on any atom is -0.545 e. The number of unbranched alkanes of at least 4 members (excludes halogenated alkanes) is 24. The fourth-order valence-electron chi connectivity index (χ4n) is 6.24. The Morgan fingerprint density at radius 2 is 0.944 bits per heavy atom. The molecule has 0 N–H and O–H groups in total. The maximum Gasteiger partial charge on any atom is 0.306 e. The zero-order valence-electron chi connectivity index (χ0n) is 35.9. The van der Waals surface area contributed by atoms with Crippen molar-refractivity contribution in [2.45, 2.75) is 212 Å². The maximum atomic E-state index is 12.7. The number of quaternary nitrogens is 1. The second kappa shape index (κ2) is 37.9. The van der Waals surface area contributed by atoms with Gasteiger partial charge in [0.05, 0.1) is 40.3 Å². The van der Waals surface area contributed by atoms with Crippen molar-refractivity contribution in [3.05, 3.63) is 12.2 Å². The van der Waals surface area contributed by atoms with Crippen LogP contribution in [0.15, 0.2) is 12.2 Å². The summed E-state index contributed by atoms with van der Waals surface area (Å²) in [6.45, 7) is 4.68. The van der Waals surface area contributed by atoms with Gasteiger partial charge in [0, 0.05) is 12.8 Å². The van der Waals surface area contributed by atoms with E-state index in [9.17, 15) is 19.5 Å². The lowest BCUT2D eigenvalue weighted by atomic mass is 10.0. The Kier molecular flexibility index (Phi) is 36.5. The number of nitrogens with zero attached hydrogens (tertiary/aromatic N) is 1. The molecule has 0 saturated carbocycles. The molecule has 0 aliphatic heterocycles. The monoisotopic (exact) mass is 768 g/mol. The van der Waals surface area contributed by atoms with E-state index in [-0.39, 0.29) is 32.2 Å².